The first kappa shape index (κ1) is 16.0. The SMILES string of the molecule is CCc1cc(CC)cc([Si]c2cc(CC)cc(CC)c2)c1. The molecule has 0 atom stereocenters. The van der Waals surface area contributed by atoms with Crippen molar-refractivity contribution in [2.24, 2.45) is 0 Å². The van der Waals surface area contributed by atoms with Crippen LogP contribution in [0.2, 0.25) is 0 Å². The van der Waals surface area contributed by atoms with Crippen LogP contribution in [0.4, 0.5) is 0 Å². The second-order valence-corrected chi connectivity index (χ2v) is 7.02. The molecule has 0 aromatic heterocycles. The lowest BCUT2D eigenvalue weighted by molar-refractivity contribution is 1.09. The molecule has 2 aromatic carbocycles. The van der Waals surface area contributed by atoms with Crippen molar-refractivity contribution in [1.29, 1.82) is 0 Å². The van der Waals surface area contributed by atoms with E-state index in [-0.39, 0.29) is 0 Å². The summed E-state index contributed by atoms with van der Waals surface area (Å²) in [6.07, 6.45) is 4.50. The largest absolute Gasteiger partial charge is 0.121 e. The van der Waals surface area contributed by atoms with E-state index < -0.39 is 0 Å². The van der Waals surface area contributed by atoms with Gasteiger partial charge in [0.1, 0.15) is 9.52 Å². The van der Waals surface area contributed by atoms with Crippen molar-refractivity contribution in [1.82, 2.24) is 0 Å². The summed E-state index contributed by atoms with van der Waals surface area (Å²) in [5.41, 5.74) is 5.89. The van der Waals surface area contributed by atoms with Crippen molar-refractivity contribution in [2.75, 3.05) is 0 Å². The minimum atomic E-state index is 0.774. The van der Waals surface area contributed by atoms with Gasteiger partial charge in [-0.05, 0) is 47.9 Å². The normalized spacial score (nSPS) is 10.9. The van der Waals surface area contributed by atoms with Gasteiger partial charge in [0.25, 0.3) is 0 Å². The Balaban J connectivity index is 2.32. The third kappa shape index (κ3) is 4.31. The molecule has 0 spiro atoms. The van der Waals surface area contributed by atoms with Crippen molar-refractivity contribution in [2.45, 2.75) is 53.4 Å². The molecule has 110 valence electrons. The lowest BCUT2D eigenvalue weighted by Crippen LogP contribution is -2.28. The first-order valence-electron chi connectivity index (χ1n) is 8.21. The van der Waals surface area contributed by atoms with Gasteiger partial charge in [-0.25, -0.2) is 0 Å². The van der Waals surface area contributed by atoms with Gasteiger partial charge in [-0.2, -0.15) is 0 Å². The number of rotatable bonds is 6. The van der Waals surface area contributed by atoms with Crippen LogP contribution in [0.25, 0.3) is 0 Å². The predicted octanol–water partition coefficient (Wildman–Crippen LogP) is 3.59. The molecule has 0 N–H and O–H groups in total. The molecule has 0 amide bonds. The van der Waals surface area contributed by atoms with Crippen molar-refractivity contribution < 1.29 is 0 Å². The van der Waals surface area contributed by atoms with E-state index >= 15 is 0 Å². The number of hydrogen-bond acceptors (Lipinski definition) is 0. The van der Waals surface area contributed by atoms with Crippen LogP contribution in [0, 0.1) is 0 Å². The van der Waals surface area contributed by atoms with Crippen LogP contribution in [-0.2, 0) is 25.7 Å². The van der Waals surface area contributed by atoms with Gasteiger partial charge in [0.2, 0.25) is 0 Å². The maximum Gasteiger partial charge on any atom is 0.121 e. The van der Waals surface area contributed by atoms with Crippen LogP contribution in [0.5, 0.6) is 0 Å². The van der Waals surface area contributed by atoms with E-state index in [2.05, 4.69) is 64.1 Å². The molecule has 0 saturated heterocycles. The van der Waals surface area contributed by atoms with Crippen molar-refractivity contribution in [3.8, 4) is 0 Å². The fourth-order valence-corrected chi connectivity index (χ4v) is 4.02. The number of hydrogen-bond donors (Lipinski definition) is 0. The van der Waals surface area contributed by atoms with Gasteiger partial charge in [0.15, 0.2) is 0 Å². The molecule has 0 bridgehead atoms. The number of benzene rings is 2. The minimum absolute atomic E-state index is 0.774. The molecule has 0 aliphatic carbocycles. The lowest BCUT2D eigenvalue weighted by atomic mass is 10.1. The van der Waals surface area contributed by atoms with E-state index in [1.165, 1.54) is 32.6 Å². The quantitative estimate of drug-likeness (QED) is 0.714. The van der Waals surface area contributed by atoms with E-state index in [4.69, 9.17) is 0 Å². The first-order chi connectivity index (χ1) is 10.2. The molecule has 0 saturated carbocycles. The van der Waals surface area contributed by atoms with Crippen LogP contribution in [0.15, 0.2) is 36.4 Å². The summed E-state index contributed by atoms with van der Waals surface area (Å²) in [6, 6.07) is 14.3. The van der Waals surface area contributed by atoms with Crippen molar-refractivity contribution in [3.05, 3.63) is 58.7 Å². The van der Waals surface area contributed by atoms with Crippen LogP contribution >= 0.6 is 0 Å². The second-order valence-electron chi connectivity index (χ2n) is 5.62. The van der Waals surface area contributed by atoms with Gasteiger partial charge in [-0.15, -0.1) is 0 Å². The van der Waals surface area contributed by atoms with Gasteiger partial charge in [-0.3, -0.25) is 0 Å². The third-order valence-corrected chi connectivity index (χ3v) is 5.18. The van der Waals surface area contributed by atoms with E-state index in [9.17, 15) is 0 Å². The van der Waals surface area contributed by atoms with Gasteiger partial charge in [0, 0.05) is 0 Å². The molecule has 0 heterocycles. The fourth-order valence-electron chi connectivity index (χ4n) is 2.65. The molecular weight excluding hydrogens is 268 g/mol. The summed E-state index contributed by atoms with van der Waals surface area (Å²) in [7, 11) is 0.774. The molecule has 1 heteroatoms. The highest BCUT2D eigenvalue weighted by atomic mass is 28.2. The predicted molar refractivity (Wildman–Crippen MR) is 95.4 cm³/mol. The van der Waals surface area contributed by atoms with E-state index in [1.54, 1.807) is 0 Å². The van der Waals surface area contributed by atoms with Crippen LogP contribution in [-0.4, -0.2) is 9.52 Å². The smallest absolute Gasteiger partial charge is 0.0613 e. The van der Waals surface area contributed by atoms with Gasteiger partial charge >= 0.3 is 0 Å². The van der Waals surface area contributed by atoms with Crippen LogP contribution < -0.4 is 10.4 Å². The highest BCUT2D eigenvalue weighted by Crippen LogP contribution is 2.07. The zero-order valence-electron chi connectivity index (χ0n) is 13.8. The van der Waals surface area contributed by atoms with Gasteiger partial charge < -0.3 is 0 Å². The topological polar surface area (TPSA) is 0 Å². The average Bonchev–Trinajstić information content (AvgIpc) is 2.53. The van der Waals surface area contributed by atoms with Crippen LogP contribution in [0.3, 0.4) is 0 Å². The molecule has 0 fully saturated rings. The molecule has 2 rings (SSSR count). The maximum absolute atomic E-state index is 2.39. The Labute approximate surface area is 132 Å². The van der Waals surface area contributed by atoms with Crippen molar-refractivity contribution >= 4 is 19.9 Å². The summed E-state index contributed by atoms with van der Waals surface area (Å²) in [5, 5.41) is 2.98. The first-order valence-corrected chi connectivity index (χ1v) is 9.21. The highest BCUT2D eigenvalue weighted by molar-refractivity contribution is 6.67. The third-order valence-electron chi connectivity index (χ3n) is 4.03. The molecule has 0 aliphatic heterocycles. The Hall–Kier alpha value is -1.34. The van der Waals surface area contributed by atoms with Gasteiger partial charge in [0.05, 0.1) is 0 Å². The summed E-state index contributed by atoms with van der Waals surface area (Å²) >= 11 is 0. The Morgan fingerprint density at radius 3 is 1.05 bits per heavy atom. The summed E-state index contributed by atoms with van der Waals surface area (Å²) < 4.78 is 0. The molecule has 0 nitrogen and oxygen atoms in total. The minimum Gasteiger partial charge on any atom is -0.0613 e. The molecule has 21 heavy (non-hydrogen) atoms. The summed E-state index contributed by atoms with van der Waals surface area (Å²) in [6.45, 7) is 8.98. The Morgan fingerprint density at radius 1 is 0.524 bits per heavy atom. The summed E-state index contributed by atoms with van der Waals surface area (Å²) in [5.74, 6) is 0. The van der Waals surface area contributed by atoms with E-state index in [1.807, 2.05) is 0 Å². The Morgan fingerprint density at radius 2 is 0.810 bits per heavy atom. The molecule has 2 radical (unpaired) electrons. The fraction of sp³-hybridized carbons (Fsp3) is 0.400. The Kier molecular flexibility index (Phi) is 5.81. The molecule has 0 aliphatic rings. The lowest BCUT2D eigenvalue weighted by Gasteiger charge is -2.10. The van der Waals surface area contributed by atoms with Gasteiger partial charge in [-0.1, -0.05) is 74.5 Å². The number of aryl methyl sites for hydroxylation is 4. The van der Waals surface area contributed by atoms with E-state index in [0.717, 1.165) is 35.2 Å². The average molecular weight is 295 g/mol. The Bertz CT molecular complexity index is 501. The van der Waals surface area contributed by atoms with Crippen LogP contribution in [0.1, 0.15) is 49.9 Å². The monoisotopic (exact) mass is 294 g/mol. The highest BCUT2D eigenvalue weighted by Gasteiger charge is 2.05. The van der Waals surface area contributed by atoms with Crippen molar-refractivity contribution in [3.63, 3.8) is 0 Å². The summed E-state index contributed by atoms with van der Waals surface area (Å²) in [4.78, 5) is 0. The second kappa shape index (κ2) is 7.60. The zero-order chi connectivity index (χ0) is 15.2. The molecular formula is C20H26Si. The molecule has 0 unspecified atom stereocenters. The van der Waals surface area contributed by atoms with E-state index in [0.29, 0.717) is 0 Å². The maximum atomic E-state index is 2.39. The zero-order valence-corrected chi connectivity index (χ0v) is 14.8. The standard InChI is InChI=1S/C20H26Si/c1-5-15-9-16(6-2)12-19(11-15)21-20-13-17(7-3)10-18(8-4)14-20/h9-14H,5-8H2,1-4H3. The molecule has 2 aromatic rings.